The molecule has 1 atom stereocenters. The van der Waals surface area contributed by atoms with E-state index in [2.05, 4.69) is 15.6 Å². The van der Waals surface area contributed by atoms with Crippen LogP contribution in [-0.2, 0) is 6.42 Å². The SMILES string of the molecule is CN=C(NCCc1c(OC)cc(OC)cc1OC)NC1CCN(c2c(F)cccc2F)C1. The maximum Gasteiger partial charge on any atom is 0.191 e. The molecule has 32 heavy (non-hydrogen) atoms. The second kappa shape index (κ2) is 10.9. The Bertz CT molecular complexity index is 910. The summed E-state index contributed by atoms with van der Waals surface area (Å²) in [7, 11) is 6.49. The number of halogens is 2. The van der Waals surface area contributed by atoms with E-state index in [9.17, 15) is 8.78 Å². The zero-order valence-corrected chi connectivity index (χ0v) is 18.9. The maximum atomic E-state index is 14.1. The second-order valence-electron chi connectivity index (χ2n) is 7.41. The molecule has 0 aliphatic carbocycles. The van der Waals surface area contributed by atoms with Crippen LogP contribution in [0.2, 0.25) is 0 Å². The average Bonchev–Trinajstić information content (AvgIpc) is 3.25. The minimum Gasteiger partial charge on any atom is -0.496 e. The van der Waals surface area contributed by atoms with Crippen LogP contribution in [0.3, 0.4) is 0 Å². The van der Waals surface area contributed by atoms with Gasteiger partial charge in [-0.05, 0) is 25.0 Å². The summed E-state index contributed by atoms with van der Waals surface area (Å²) in [6.07, 6.45) is 1.38. The molecule has 1 aliphatic heterocycles. The summed E-state index contributed by atoms with van der Waals surface area (Å²) in [4.78, 5) is 6.00. The number of ether oxygens (including phenoxy) is 3. The number of methoxy groups -OCH3 is 3. The molecule has 0 spiro atoms. The highest BCUT2D eigenvalue weighted by atomic mass is 19.1. The van der Waals surface area contributed by atoms with Gasteiger partial charge in [-0.1, -0.05) is 6.07 Å². The number of hydrogen-bond donors (Lipinski definition) is 2. The first-order valence-corrected chi connectivity index (χ1v) is 10.5. The molecular formula is C23H30F2N4O3. The first kappa shape index (κ1) is 23.4. The van der Waals surface area contributed by atoms with E-state index in [0.717, 1.165) is 12.0 Å². The van der Waals surface area contributed by atoms with Gasteiger partial charge in [-0.3, -0.25) is 4.99 Å². The molecule has 1 aliphatic rings. The van der Waals surface area contributed by atoms with E-state index in [1.807, 2.05) is 12.1 Å². The summed E-state index contributed by atoms with van der Waals surface area (Å²) in [6.45, 7) is 1.63. The van der Waals surface area contributed by atoms with Crippen molar-refractivity contribution in [2.45, 2.75) is 18.9 Å². The lowest BCUT2D eigenvalue weighted by atomic mass is 10.1. The van der Waals surface area contributed by atoms with Crippen LogP contribution in [0.4, 0.5) is 14.5 Å². The van der Waals surface area contributed by atoms with Gasteiger partial charge < -0.3 is 29.7 Å². The molecule has 1 fully saturated rings. The topological polar surface area (TPSA) is 67.4 Å². The smallest absolute Gasteiger partial charge is 0.191 e. The van der Waals surface area contributed by atoms with E-state index in [1.54, 1.807) is 33.3 Å². The summed E-state index contributed by atoms with van der Waals surface area (Å²) in [6, 6.07) is 7.59. The van der Waals surface area contributed by atoms with E-state index in [4.69, 9.17) is 14.2 Å². The first-order valence-electron chi connectivity index (χ1n) is 10.5. The van der Waals surface area contributed by atoms with Crippen LogP contribution in [0.15, 0.2) is 35.3 Å². The number of hydrogen-bond acceptors (Lipinski definition) is 5. The number of nitrogens with one attached hydrogen (secondary N) is 2. The zero-order chi connectivity index (χ0) is 23.1. The van der Waals surface area contributed by atoms with Crippen LogP contribution in [0.5, 0.6) is 17.2 Å². The molecule has 0 amide bonds. The Labute approximate surface area is 187 Å². The van der Waals surface area contributed by atoms with Crippen molar-refractivity contribution in [2.24, 2.45) is 4.99 Å². The number of nitrogens with zero attached hydrogens (tertiary/aromatic N) is 2. The predicted molar refractivity (Wildman–Crippen MR) is 121 cm³/mol. The van der Waals surface area contributed by atoms with Gasteiger partial charge in [0.2, 0.25) is 0 Å². The molecule has 2 aromatic rings. The van der Waals surface area contributed by atoms with Crippen molar-refractivity contribution in [2.75, 3.05) is 52.9 Å². The molecule has 1 unspecified atom stereocenters. The zero-order valence-electron chi connectivity index (χ0n) is 18.9. The Morgan fingerprint density at radius 2 is 1.75 bits per heavy atom. The minimum absolute atomic E-state index is 0.0188. The number of guanidine groups is 1. The minimum atomic E-state index is -0.546. The van der Waals surface area contributed by atoms with Crippen LogP contribution in [0.25, 0.3) is 0 Å². The lowest BCUT2D eigenvalue weighted by Crippen LogP contribution is -2.45. The van der Waals surface area contributed by atoms with E-state index < -0.39 is 11.6 Å². The second-order valence-corrected chi connectivity index (χ2v) is 7.41. The summed E-state index contributed by atoms with van der Waals surface area (Å²) < 4.78 is 44.5. The summed E-state index contributed by atoms with van der Waals surface area (Å²) in [5.74, 6) is 1.56. The fourth-order valence-corrected chi connectivity index (χ4v) is 3.89. The van der Waals surface area contributed by atoms with Crippen molar-refractivity contribution >= 4 is 11.6 Å². The van der Waals surface area contributed by atoms with E-state index >= 15 is 0 Å². The molecule has 174 valence electrons. The van der Waals surface area contributed by atoms with Gasteiger partial charge >= 0.3 is 0 Å². The van der Waals surface area contributed by atoms with Crippen molar-refractivity contribution in [1.82, 2.24) is 10.6 Å². The number of benzene rings is 2. The Kier molecular flexibility index (Phi) is 7.97. The van der Waals surface area contributed by atoms with Gasteiger partial charge in [-0.15, -0.1) is 0 Å². The van der Waals surface area contributed by atoms with Gasteiger partial charge in [0, 0.05) is 50.4 Å². The number of aliphatic imine (C=N–C) groups is 1. The standard InChI is InChI=1S/C23H30F2N4O3/c1-26-23(27-10-8-17-20(31-3)12-16(30-2)13-21(17)32-4)28-15-9-11-29(14-15)22-18(24)6-5-7-19(22)25/h5-7,12-13,15H,8-11,14H2,1-4H3,(H2,26,27,28). The summed E-state index contributed by atoms with van der Waals surface area (Å²) in [5, 5.41) is 6.62. The maximum absolute atomic E-state index is 14.1. The Balaban J connectivity index is 1.58. The summed E-state index contributed by atoms with van der Waals surface area (Å²) in [5.41, 5.74) is 0.944. The molecule has 3 rings (SSSR count). The average molecular weight is 449 g/mol. The van der Waals surface area contributed by atoms with Crippen molar-refractivity contribution in [3.05, 3.63) is 47.5 Å². The monoisotopic (exact) mass is 448 g/mol. The Morgan fingerprint density at radius 3 is 2.31 bits per heavy atom. The van der Waals surface area contributed by atoms with Crippen molar-refractivity contribution in [1.29, 1.82) is 0 Å². The molecule has 2 aromatic carbocycles. The van der Waals surface area contributed by atoms with Crippen LogP contribution >= 0.6 is 0 Å². The molecule has 7 nitrogen and oxygen atoms in total. The molecule has 1 saturated heterocycles. The van der Waals surface area contributed by atoms with Crippen molar-refractivity contribution in [3.8, 4) is 17.2 Å². The van der Waals surface area contributed by atoms with Crippen LogP contribution in [-0.4, -0.2) is 60.0 Å². The molecule has 0 saturated carbocycles. The largest absolute Gasteiger partial charge is 0.496 e. The molecule has 0 radical (unpaired) electrons. The van der Waals surface area contributed by atoms with E-state index in [0.29, 0.717) is 49.3 Å². The molecule has 2 N–H and O–H groups in total. The Morgan fingerprint density at radius 1 is 1.09 bits per heavy atom. The fraction of sp³-hybridized carbons (Fsp3) is 0.435. The third-order valence-corrected chi connectivity index (χ3v) is 5.49. The van der Waals surface area contributed by atoms with Gasteiger partial charge in [-0.25, -0.2) is 8.78 Å². The van der Waals surface area contributed by atoms with Gasteiger partial charge in [-0.2, -0.15) is 0 Å². The first-order chi connectivity index (χ1) is 15.5. The van der Waals surface area contributed by atoms with E-state index in [-0.39, 0.29) is 11.7 Å². The van der Waals surface area contributed by atoms with Crippen molar-refractivity contribution < 1.29 is 23.0 Å². The number of rotatable bonds is 8. The fourth-order valence-electron chi connectivity index (χ4n) is 3.89. The third kappa shape index (κ3) is 5.33. The molecule has 9 heteroatoms. The van der Waals surface area contributed by atoms with Gasteiger partial charge in [0.1, 0.15) is 34.6 Å². The Hall–Kier alpha value is -3.23. The molecule has 1 heterocycles. The van der Waals surface area contributed by atoms with Crippen molar-refractivity contribution in [3.63, 3.8) is 0 Å². The van der Waals surface area contributed by atoms with E-state index in [1.165, 1.54) is 18.2 Å². The van der Waals surface area contributed by atoms with Gasteiger partial charge in [0.05, 0.1) is 21.3 Å². The predicted octanol–water partition coefficient (Wildman–Crippen LogP) is 2.98. The lowest BCUT2D eigenvalue weighted by Gasteiger charge is -2.21. The summed E-state index contributed by atoms with van der Waals surface area (Å²) >= 11 is 0. The normalized spacial score (nSPS) is 16.1. The third-order valence-electron chi connectivity index (χ3n) is 5.49. The lowest BCUT2D eigenvalue weighted by molar-refractivity contribution is 0.368. The molecule has 0 aromatic heterocycles. The van der Waals surface area contributed by atoms with Gasteiger partial charge in [0.15, 0.2) is 5.96 Å². The highest BCUT2D eigenvalue weighted by molar-refractivity contribution is 5.80. The van der Waals surface area contributed by atoms with Crippen LogP contribution in [0.1, 0.15) is 12.0 Å². The van der Waals surface area contributed by atoms with Crippen LogP contribution < -0.4 is 29.7 Å². The highest BCUT2D eigenvalue weighted by Gasteiger charge is 2.27. The molecular weight excluding hydrogens is 418 g/mol. The quantitative estimate of drug-likeness (QED) is 0.478. The number of anilines is 1. The molecule has 0 bridgehead atoms. The van der Waals surface area contributed by atoms with Gasteiger partial charge in [0.25, 0.3) is 0 Å². The van der Waals surface area contributed by atoms with Crippen LogP contribution in [0, 0.1) is 11.6 Å². The highest BCUT2D eigenvalue weighted by Crippen LogP contribution is 2.34. The number of para-hydroxylation sites is 1.